The fourth-order valence-electron chi connectivity index (χ4n) is 1.32. The minimum absolute atomic E-state index is 0.0636. The summed E-state index contributed by atoms with van der Waals surface area (Å²) in [6.07, 6.45) is 2.51. The van der Waals surface area contributed by atoms with Crippen molar-refractivity contribution in [2.45, 2.75) is 19.4 Å². The van der Waals surface area contributed by atoms with Crippen LogP contribution in [0.15, 0.2) is 6.20 Å². The number of anilines is 2. The maximum Gasteiger partial charge on any atom is 0.224 e. The van der Waals surface area contributed by atoms with Crippen LogP contribution in [0.4, 0.5) is 11.8 Å². The second-order valence-corrected chi connectivity index (χ2v) is 4.20. The summed E-state index contributed by atoms with van der Waals surface area (Å²) < 4.78 is 4.98. The smallest absolute Gasteiger partial charge is 0.224 e. The van der Waals surface area contributed by atoms with Gasteiger partial charge < -0.3 is 20.5 Å². The first-order valence-corrected chi connectivity index (χ1v) is 6.21. The Morgan fingerprint density at radius 3 is 2.94 bits per heavy atom. The minimum Gasteiger partial charge on any atom is -0.394 e. The minimum atomic E-state index is -0.249. The number of aliphatic hydroxyl groups excluding tert-OH is 1. The highest BCUT2D eigenvalue weighted by Crippen LogP contribution is 2.20. The quantitative estimate of drug-likeness (QED) is 0.664. The van der Waals surface area contributed by atoms with E-state index in [1.54, 1.807) is 7.11 Å². The van der Waals surface area contributed by atoms with E-state index < -0.39 is 0 Å². The number of hydrogen-bond donors (Lipinski definition) is 3. The van der Waals surface area contributed by atoms with Crippen molar-refractivity contribution in [1.29, 1.82) is 0 Å². The Morgan fingerprint density at radius 1 is 1.56 bits per heavy atom. The van der Waals surface area contributed by atoms with Gasteiger partial charge in [0.05, 0.1) is 25.5 Å². The van der Waals surface area contributed by atoms with Gasteiger partial charge in [0.15, 0.2) is 5.82 Å². The van der Waals surface area contributed by atoms with Crippen LogP contribution in [0.5, 0.6) is 0 Å². The number of methoxy groups -OCH3 is 1. The first kappa shape index (κ1) is 14.9. The summed E-state index contributed by atoms with van der Waals surface area (Å²) in [5.74, 6) is 0.999. The zero-order valence-electron chi connectivity index (χ0n) is 10.6. The molecule has 0 radical (unpaired) electrons. The van der Waals surface area contributed by atoms with Crippen LogP contribution in [0.1, 0.15) is 13.3 Å². The third-order valence-corrected chi connectivity index (χ3v) is 2.48. The zero-order valence-corrected chi connectivity index (χ0v) is 11.4. The van der Waals surface area contributed by atoms with E-state index in [2.05, 4.69) is 27.5 Å². The van der Waals surface area contributed by atoms with Crippen LogP contribution < -0.4 is 10.6 Å². The predicted molar refractivity (Wildman–Crippen MR) is 72.2 cm³/mol. The lowest BCUT2D eigenvalue weighted by Gasteiger charge is -2.17. The van der Waals surface area contributed by atoms with Gasteiger partial charge in [0, 0.05) is 13.7 Å². The van der Waals surface area contributed by atoms with Gasteiger partial charge in [0.2, 0.25) is 5.95 Å². The molecule has 1 aromatic heterocycles. The van der Waals surface area contributed by atoms with Crippen LogP contribution in [0.2, 0.25) is 5.02 Å². The second kappa shape index (κ2) is 8.07. The fraction of sp³-hybridized carbons (Fsp3) is 0.636. The Kier molecular flexibility index (Phi) is 6.70. The highest BCUT2D eigenvalue weighted by Gasteiger charge is 2.11. The van der Waals surface area contributed by atoms with E-state index in [1.807, 2.05) is 0 Å². The molecule has 7 heteroatoms. The summed E-state index contributed by atoms with van der Waals surface area (Å²) in [4.78, 5) is 8.32. The Balaban J connectivity index is 2.73. The molecule has 1 rings (SSSR count). The average molecular weight is 275 g/mol. The molecule has 0 aliphatic carbocycles. The van der Waals surface area contributed by atoms with Crippen molar-refractivity contribution in [2.24, 2.45) is 0 Å². The number of rotatable bonds is 8. The van der Waals surface area contributed by atoms with Gasteiger partial charge in [-0.1, -0.05) is 18.5 Å². The van der Waals surface area contributed by atoms with E-state index in [0.717, 1.165) is 13.0 Å². The first-order valence-electron chi connectivity index (χ1n) is 5.84. The van der Waals surface area contributed by atoms with E-state index in [1.165, 1.54) is 6.20 Å². The van der Waals surface area contributed by atoms with Crippen molar-refractivity contribution >= 4 is 23.4 Å². The van der Waals surface area contributed by atoms with Crippen LogP contribution in [0, 0.1) is 0 Å². The van der Waals surface area contributed by atoms with Crippen LogP contribution in [-0.2, 0) is 4.74 Å². The molecule has 0 aromatic carbocycles. The number of aromatic nitrogens is 2. The molecule has 1 heterocycles. The number of ether oxygens (including phenoxy) is 1. The van der Waals surface area contributed by atoms with Gasteiger partial charge in [0.25, 0.3) is 0 Å². The zero-order chi connectivity index (χ0) is 13.4. The molecule has 0 saturated heterocycles. The molecule has 0 amide bonds. The maximum atomic E-state index is 9.18. The highest BCUT2D eigenvalue weighted by atomic mass is 35.5. The molecule has 1 aromatic rings. The molecule has 1 atom stereocenters. The van der Waals surface area contributed by atoms with Crippen LogP contribution >= 0.6 is 11.6 Å². The topological polar surface area (TPSA) is 79.3 Å². The van der Waals surface area contributed by atoms with Gasteiger partial charge in [-0.2, -0.15) is 4.98 Å². The number of halogens is 1. The van der Waals surface area contributed by atoms with E-state index in [0.29, 0.717) is 23.4 Å². The summed E-state index contributed by atoms with van der Waals surface area (Å²) >= 11 is 5.99. The first-order chi connectivity index (χ1) is 8.71. The molecular formula is C11H19ClN4O2. The summed E-state index contributed by atoms with van der Waals surface area (Å²) in [5, 5.41) is 15.7. The van der Waals surface area contributed by atoms with Crippen LogP contribution in [0.3, 0.4) is 0 Å². The van der Waals surface area contributed by atoms with E-state index >= 15 is 0 Å². The lowest BCUT2D eigenvalue weighted by atomic mass is 10.3. The molecule has 18 heavy (non-hydrogen) atoms. The maximum absolute atomic E-state index is 9.18. The lowest BCUT2D eigenvalue weighted by molar-refractivity contribution is 0.153. The molecule has 0 fully saturated rings. The van der Waals surface area contributed by atoms with E-state index in [4.69, 9.17) is 16.3 Å². The van der Waals surface area contributed by atoms with E-state index in [9.17, 15) is 5.11 Å². The summed E-state index contributed by atoms with van der Waals surface area (Å²) in [6.45, 7) is 3.16. The Hall–Kier alpha value is -1.11. The molecule has 6 nitrogen and oxygen atoms in total. The van der Waals surface area contributed by atoms with Gasteiger partial charge in [-0.15, -0.1) is 0 Å². The third kappa shape index (κ3) is 4.64. The Labute approximate surface area is 112 Å². The third-order valence-electron chi connectivity index (χ3n) is 2.21. The van der Waals surface area contributed by atoms with E-state index in [-0.39, 0.29) is 12.6 Å². The molecule has 1 unspecified atom stereocenters. The molecule has 0 aliphatic rings. The lowest BCUT2D eigenvalue weighted by Crippen LogP contribution is -2.29. The summed E-state index contributed by atoms with van der Waals surface area (Å²) in [6, 6.07) is -0.249. The normalized spacial score (nSPS) is 12.2. The van der Waals surface area contributed by atoms with Crippen molar-refractivity contribution < 1.29 is 9.84 Å². The van der Waals surface area contributed by atoms with Gasteiger partial charge in [-0.3, -0.25) is 0 Å². The summed E-state index contributed by atoms with van der Waals surface area (Å²) in [7, 11) is 1.57. The molecule has 0 saturated carbocycles. The highest BCUT2D eigenvalue weighted by molar-refractivity contribution is 6.32. The van der Waals surface area contributed by atoms with Gasteiger partial charge in [-0.05, 0) is 6.42 Å². The SMILES string of the molecule is CCCNc1ncc(Cl)c(NC(CO)COC)n1. The molecule has 0 aliphatic heterocycles. The second-order valence-electron chi connectivity index (χ2n) is 3.80. The van der Waals surface area contributed by atoms with Crippen molar-refractivity contribution in [2.75, 3.05) is 37.5 Å². The Bertz CT molecular complexity index is 365. The molecule has 0 bridgehead atoms. The summed E-state index contributed by atoms with van der Waals surface area (Å²) in [5.41, 5.74) is 0. The van der Waals surface area contributed by atoms with Crippen LogP contribution in [-0.4, -0.2) is 48.0 Å². The Morgan fingerprint density at radius 2 is 2.33 bits per heavy atom. The largest absolute Gasteiger partial charge is 0.394 e. The molecular weight excluding hydrogens is 256 g/mol. The monoisotopic (exact) mass is 274 g/mol. The molecule has 102 valence electrons. The number of aliphatic hydroxyl groups is 1. The van der Waals surface area contributed by atoms with Crippen LogP contribution in [0.25, 0.3) is 0 Å². The molecule has 3 N–H and O–H groups in total. The van der Waals surface area contributed by atoms with Crippen molar-refractivity contribution in [1.82, 2.24) is 9.97 Å². The van der Waals surface area contributed by atoms with Crippen molar-refractivity contribution in [3.63, 3.8) is 0 Å². The number of nitrogens with one attached hydrogen (secondary N) is 2. The van der Waals surface area contributed by atoms with Crippen molar-refractivity contribution in [3.05, 3.63) is 11.2 Å². The van der Waals surface area contributed by atoms with Gasteiger partial charge >= 0.3 is 0 Å². The number of hydrogen-bond acceptors (Lipinski definition) is 6. The van der Waals surface area contributed by atoms with Crippen molar-refractivity contribution in [3.8, 4) is 0 Å². The van der Waals surface area contributed by atoms with Gasteiger partial charge in [0.1, 0.15) is 5.02 Å². The fourth-order valence-corrected chi connectivity index (χ4v) is 1.47. The average Bonchev–Trinajstić information content (AvgIpc) is 2.38. The number of nitrogens with zero attached hydrogens (tertiary/aromatic N) is 2. The molecule has 0 spiro atoms. The van der Waals surface area contributed by atoms with Gasteiger partial charge in [-0.25, -0.2) is 4.98 Å². The standard InChI is InChI=1S/C11H19ClN4O2/c1-3-4-13-11-14-5-9(12)10(16-11)15-8(6-17)7-18-2/h5,8,17H,3-4,6-7H2,1-2H3,(H2,13,14,15,16). The predicted octanol–water partition coefficient (Wildman–Crippen LogP) is 1.37.